The van der Waals surface area contributed by atoms with Crippen LogP contribution in [0.4, 0.5) is 8.78 Å². The van der Waals surface area contributed by atoms with E-state index in [1.807, 2.05) is 0 Å². The van der Waals surface area contributed by atoms with Crippen LogP contribution in [0.25, 0.3) is 0 Å². The average molecular weight is 347 g/mol. The van der Waals surface area contributed by atoms with Crippen molar-refractivity contribution in [3.8, 4) is 0 Å². The number of piperidine rings is 1. The molecule has 1 aromatic carbocycles. The molecular formula is C15H19F2NO2S2. The molecule has 2 atom stereocenters. The van der Waals surface area contributed by atoms with Crippen molar-refractivity contribution in [2.45, 2.75) is 48.8 Å². The molecule has 0 spiro atoms. The number of hydrogen-bond donors (Lipinski definition) is 0. The van der Waals surface area contributed by atoms with Crippen molar-refractivity contribution in [3.05, 3.63) is 35.4 Å². The van der Waals surface area contributed by atoms with Crippen LogP contribution >= 0.6 is 11.8 Å². The van der Waals surface area contributed by atoms with Crippen LogP contribution in [0.1, 0.15) is 31.2 Å². The third kappa shape index (κ3) is 3.16. The predicted octanol–water partition coefficient (Wildman–Crippen LogP) is 3.15. The van der Waals surface area contributed by atoms with Crippen molar-refractivity contribution in [2.24, 2.45) is 0 Å². The van der Waals surface area contributed by atoms with Gasteiger partial charge in [0.2, 0.25) is 10.0 Å². The maximum Gasteiger partial charge on any atom is 0.218 e. The fraction of sp³-hybridized carbons (Fsp3) is 0.600. The number of rotatable bonds is 4. The lowest BCUT2D eigenvalue weighted by atomic mass is 10.1. The molecule has 7 heteroatoms. The molecule has 3 rings (SSSR count). The third-order valence-electron chi connectivity index (χ3n) is 4.55. The molecule has 0 radical (unpaired) electrons. The molecule has 2 bridgehead atoms. The van der Waals surface area contributed by atoms with Crippen LogP contribution in [0.2, 0.25) is 0 Å². The van der Waals surface area contributed by atoms with Crippen molar-refractivity contribution in [3.63, 3.8) is 0 Å². The largest absolute Gasteiger partial charge is 0.218 e. The van der Waals surface area contributed by atoms with Crippen LogP contribution in [-0.2, 0) is 15.8 Å². The SMILES string of the molecule is CSC1CC2CCC(C1)N2S(=O)(=O)Cc1cc(F)cc(F)c1. The Labute approximate surface area is 134 Å². The highest BCUT2D eigenvalue weighted by Crippen LogP contribution is 2.41. The summed E-state index contributed by atoms with van der Waals surface area (Å²) in [7, 11) is -3.55. The summed E-state index contributed by atoms with van der Waals surface area (Å²) in [5.41, 5.74) is 0.170. The molecule has 0 aliphatic carbocycles. The third-order valence-corrected chi connectivity index (χ3v) is 7.54. The van der Waals surface area contributed by atoms with Gasteiger partial charge in [-0.25, -0.2) is 17.2 Å². The van der Waals surface area contributed by atoms with Crippen LogP contribution in [0.15, 0.2) is 18.2 Å². The lowest BCUT2D eigenvalue weighted by Crippen LogP contribution is -2.47. The summed E-state index contributed by atoms with van der Waals surface area (Å²) in [5.74, 6) is -1.82. The maximum atomic E-state index is 13.3. The van der Waals surface area contributed by atoms with E-state index in [1.165, 1.54) is 0 Å². The van der Waals surface area contributed by atoms with Gasteiger partial charge in [-0.05, 0) is 49.6 Å². The van der Waals surface area contributed by atoms with Crippen LogP contribution in [0.5, 0.6) is 0 Å². The number of sulfonamides is 1. The lowest BCUT2D eigenvalue weighted by molar-refractivity contribution is 0.253. The molecule has 1 aromatic rings. The van der Waals surface area contributed by atoms with E-state index in [0.717, 1.165) is 43.9 Å². The first-order valence-electron chi connectivity index (χ1n) is 7.38. The Morgan fingerprint density at radius 2 is 1.68 bits per heavy atom. The molecule has 3 nitrogen and oxygen atoms in total. The second kappa shape index (κ2) is 6.09. The van der Waals surface area contributed by atoms with Crippen molar-refractivity contribution < 1.29 is 17.2 Å². The highest BCUT2D eigenvalue weighted by Gasteiger charge is 2.46. The molecule has 122 valence electrons. The van der Waals surface area contributed by atoms with Gasteiger partial charge < -0.3 is 0 Å². The Bertz CT molecular complexity index is 631. The van der Waals surface area contributed by atoms with Crippen LogP contribution < -0.4 is 0 Å². The van der Waals surface area contributed by atoms with Crippen molar-refractivity contribution in [1.29, 1.82) is 0 Å². The molecule has 2 saturated heterocycles. The number of nitrogens with zero attached hydrogens (tertiary/aromatic N) is 1. The molecule has 2 heterocycles. The summed E-state index contributed by atoms with van der Waals surface area (Å²) >= 11 is 1.79. The Morgan fingerprint density at radius 1 is 1.14 bits per heavy atom. The highest BCUT2D eigenvalue weighted by atomic mass is 32.2. The molecule has 2 aliphatic rings. The Morgan fingerprint density at radius 3 is 2.18 bits per heavy atom. The van der Waals surface area contributed by atoms with Gasteiger partial charge in [0.1, 0.15) is 11.6 Å². The smallest absolute Gasteiger partial charge is 0.212 e. The van der Waals surface area contributed by atoms with Gasteiger partial charge in [-0.15, -0.1) is 0 Å². The molecular weight excluding hydrogens is 328 g/mol. The Kier molecular flexibility index (Phi) is 4.49. The van der Waals surface area contributed by atoms with Gasteiger partial charge in [-0.2, -0.15) is 16.1 Å². The molecule has 2 unspecified atom stereocenters. The molecule has 0 aromatic heterocycles. The summed E-state index contributed by atoms with van der Waals surface area (Å²) in [5, 5.41) is 0.510. The fourth-order valence-electron chi connectivity index (χ4n) is 3.71. The van der Waals surface area contributed by atoms with Crippen molar-refractivity contribution in [2.75, 3.05) is 6.26 Å². The molecule has 0 amide bonds. The first kappa shape index (κ1) is 16.2. The van der Waals surface area contributed by atoms with Crippen LogP contribution in [0.3, 0.4) is 0 Å². The summed E-state index contributed by atoms with van der Waals surface area (Å²) in [6, 6.07) is 3.03. The molecule has 0 saturated carbocycles. The number of fused-ring (bicyclic) bond motifs is 2. The number of hydrogen-bond acceptors (Lipinski definition) is 3. The standard InChI is InChI=1S/C15H19F2NO2S2/c1-21-15-7-13-2-3-14(8-15)18(13)22(19,20)9-10-4-11(16)6-12(17)5-10/h4-6,13-15H,2-3,7-9H2,1H3. The van der Waals surface area contributed by atoms with E-state index in [2.05, 4.69) is 6.26 Å². The molecule has 0 N–H and O–H groups in total. The predicted molar refractivity (Wildman–Crippen MR) is 84.2 cm³/mol. The Hall–Kier alpha value is -0.660. The van der Waals surface area contributed by atoms with Crippen LogP contribution in [-0.4, -0.2) is 36.3 Å². The van der Waals surface area contributed by atoms with Gasteiger partial charge in [0.25, 0.3) is 0 Å². The number of halogens is 2. The zero-order valence-corrected chi connectivity index (χ0v) is 14.0. The normalized spacial score (nSPS) is 29.0. The van der Waals surface area contributed by atoms with E-state index < -0.39 is 21.7 Å². The second-order valence-corrected chi connectivity index (χ2v) is 9.09. The fourth-order valence-corrected chi connectivity index (χ4v) is 6.57. The van der Waals surface area contributed by atoms with E-state index in [1.54, 1.807) is 16.1 Å². The van der Waals surface area contributed by atoms with Crippen LogP contribution in [0, 0.1) is 11.6 Å². The van der Waals surface area contributed by atoms with Gasteiger partial charge >= 0.3 is 0 Å². The quantitative estimate of drug-likeness (QED) is 0.840. The number of benzene rings is 1. The second-order valence-electron chi connectivity index (χ2n) is 6.08. The maximum absolute atomic E-state index is 13.3. The van der Waals surface area contributed by atoms with Gasteiger partial charge in [-0.1, -0.05) is 0 Å². The van der Waals surface area contributed by atoms with E-state index >= 15 is 0 Å². The molecule has 2 aliphatic heterocycles. The minimum absolute atomic E-state index is 0.0413. The van der Waals surface area contributed by atoms with E-state index in [0.29, 0.717) is 5.25 Å². The average Bonchev–Trinajstić information content (AvgIpc) is 2.69. The van der Waals surface area contributed by atoms with Gasteiger partial charge in [0.15, 0.2) is 0 Å². The van der Waals surface area contributed by atoms with Gasteiger partial charge in [0, 0.05) is 23.4 Å². The lowest BCUT2D eigenvalue weighted by Gasteiger charge is -2.37. The molecule has 22 heavy (non-hydrogen) atoms. The zero-order chi connectivity index (χ0) is 15.9. The van der Waals surface area contributed by atoms with Crippen molar-refractivity contribution >= 4 is 21.8 Å². The minimum atomic E-state index is -3.55. The molecule has 2 fully saturated rings. The highest BCUT2D eigenvalue weighted by molar-refractivity contribution is 7.99. The summed E-state index contributed by atoms with van der Waals surface area (Å²) in [6.45, 7) is 0. The Balaban J connectivity index is 1.82. The van der Waals surface area contributed by atoms with Gasteiger partial charge in [0.05, 0.1) is 5.75 Å². The topological polar surface area (TPSA) is 37.4 Å². The first-order chi connectivity index (χ1) is 10.4. The first-order valence-corrected chi connectivity index (χ1v) is 10.3. The minimum Gasteiger partial charge on any atom is -0.212 e. The summed E-state index contributed by atoms with van der Waals surface area (Å²) in [6.07, 6.45) is 5.57. The summed E-state index contributed by atoms with van der Waals surface area (Å²) in [4.78, 5) is 0. The number of thioether (sulfide) groups is 1. The zero-order valence-electron chi connectivity index (χ0n) is 12.3. The summed E-state index contributed by atoms with van der Waals surface area (Å²) < 4.78 is 53.5. The van der Waals surface area contributed by atoms with E-state index in [9.17, 15) is 17.2 Å². The van der Waals surface area contributed by atoms with E-state index in [4.69, 9.17) is 0 Å². The van der Waals surface area contributed by atoms with E-state index in [-0.39, 0.29) is 23.4 Å². The van der Waals surface area contributed by atoms with Gasteiger partial charge in [-0.3, -0.25) is 0 Å². The van der Waals surface area contributed by atoms with Crippen molar-refractivity contribution in [1.82, 2.24) is 4.31 Å². The monoisotopic (exact) mass is 347 g/mol.